The van der Waals surface area contributed by atoms with Crippen molar-refractivity contribution in [3.05, 3.63) is 24.3 Å². The van der Waals surface area contributed by atoms with Crippen LogP contribution in [0.3, 0.4) is 0 Å². The van der Waals surface area contributed by atoms with Crippen LogP contribution in [0.2, 0.25) is 0 Å². The van der Waals surface area contributed by atoms with E-state index >= 15 is 0 Å². The van der Waals surface area contributed by atoms with E-state index in [-0.39, 0.29) is 6.79 Å². The van der Waals surface area contributed by atoms with Crippen LogP contribution in [0.1, 0.15) is 0 Å². The molecule has 0 aliphatic carbocycles. The average Bonchev–Trinajstić information content (AvgIpc) is 2.15. The molecule has 0 atom stereocenters. The lowest BCUT2D eigenvalue weighted by Crippen LogP contribution is -2.29. The van der Waals surface area contributed by atoms with Gasteiger partial charge in [0, 0.05) is 7.11 Å². The molecule has 0 fully saturated rings. The summed E-state index contributed by atoms with van der Waals surface area (Å²) in [6, 6.07) is 6.45. The molecule has 70 valence electrons. The van der Waals surface area contributed by atoms with Crippen LogP contribution in [0.25, 0.3) is 0 Å². The first-order valence-electron chi connectivity index (χ1n) is 3.82. The third-order valence-electron chi connectivity index (χ3n) is 1.52. The van der Waals surface area contributed by atoms with Crippen molar-refractivity contribution in [2.24, 2.45) is 0 Å². The van der Waals surface area contributed by atoms with Gasteiger partial charge in [-0.05, 0) is 17.6 Å². The van der Waals surface area contributed by atoms with Crippen molar-refractivity contribution in [2.75, 3.05) is 13.9 Å². The Morgan fingerprint density at radius 2 is 1.85 bits per heavy atom. The maximum atomic E-state index is 8.78. The van der Waals surface area contributed by atoms with Gasteiger partial charge in [-0.1, -0.05) is 12.1 Å². The molecular formula is C8H11BO4. The molecule has 5 heteroatoms. The zero-order valence-corrected chi connectivity index (χ0v) is 7.30. The van der Waals surface area contributed by atoms with E-state index in [2.05, 4.69) is 0 Å². The van der Waals surface area contributed by atoms with Gasteiger partial charge in [-0.3, -0.25) is 0 Å². The molecule has 0 spiro atoms. The summed E-state index contributed by atoms with van der Waals surface area (Å²) < 4.78 is 9.81. The first-order valence-corrected chi connectivity index (χ1v) is 3.82. The zero-order valence-electron chi connectivity index (χ0n) is 7.30. The van der Waals surface area contributed by atoms with Gasteiger partial charge >= 0.3 is 7.12 Å². The highest BCUT2D eigenvalue weighted by molar-refractivity contribution is 6.58. The normalized spacial score (nSPS) is 9.77. The van der Waals surface area contributed by atoms with E-state index in [1.165, 1.54) is 7.11 Å². The standard InChI is InChI=1S/C8H11BO4/c1-12-6-13-8-4-2-7(3-5-8)9(10)11/h2-5,10-11H,6H2,1H3. The fourth-order valence-electron chi connectivity index (χ4n) is 0.863. The predicted octanol–water partition coefficient (Wildman–Crippen LogP) is -0.651. The van der Waals surface area contributed by atoms with Gasteiger partial charge in [-0.25, -0.2) is 0 Å². The molecule has 0 aliphatic rings. The van der Waals surface area contributed by atoms with E-state index in [1.54, 1.807) is 24.3 Å². The number of hydrogen-bond donors (Lipinski definition) is 2. The highest BCUT2D eigenvalue weighted by Gasteiger charge is 2.09. The molecule has 0 saturated heterocycles. The Labute approximate surface area is 76.9 Å². The highest BCUT2D eigenvalue weighted by atomic mass is 16.7. The lowest BCUT2D eigenvalue weighted by molar-refractivity contribution is 0.0511. The molecule has 0 bridgehead atoms. The van der Waals surface area contributed by atoms with Crippen molar-refractivity contribution >= 4 is 12.6 Å². The Bertz CT molecular complexity index is 247. The first-order chi connectivity index (χ1) is 6.24. The topological polar surface area (TPSA) is 58.9 Å². The number of methoxy groups -OCH3 is 1. The Kier molecular flexibility index (Phi) is 3.76. The summed E-state index contributed by atoms with van der Waals surface area (Å²) in [5.74, 6) is 0.631. The van der Waals surface area contributed by atoms with Crippen LogP contribution in [-0.2, 0) is 4.74 Å². The predicted molar refractivity (Wildman–Crippen MR) is 48.8 cm³/mol. The largest absolute Gasteiger partial charge is 0.488 e. The third kappa shape index (κ3) is 3.06. The fraction of sp³-hybridized carbons (Fsp3) is 0.250. The molecule has 0 radical (unpaired) electrons. The van der Waals surface area contributed by atoms with Crippen LogP contribution in [-0.4, -0.2) is 31.1 Å². The molecule has 0 amide bonds. The second-order valence-corrected chi connectivity index (χ2v) is 2.49. The van der Waals surface area contributed by atoms with Crippen LogP contribution < -0.4 is 10.2 Å². The van der Waals surface area contributed by atoms with Gasteiger partial charge in [0.05, 0.1) is 0 Å². The fourth-order valence-corrected chi connectivity index (χ4v) is 0.863. The van der Waals surface area contributed by atoms with Crippen molar-refractivity contribution in [2.45, 2.75) is 0 Å². The summed E-state index contributed by atoms with van der Waals surface area (Å²) in [5, 5.41) is 17.6. The minimum Gasteiger partial charge on any atom is -0.468 e. The Morgan fingerprint density at radius 1 is 1.23 bits per heavy atom. The van der Waals surface area contributed by atoms with Gasteiger partial charge in [0.2, 0.25) is 0 Å². The van der Waals surface area contributed by atoms with E-state index < -0.39 is 7.12 Å². The molecule has 13 heavy (non-hydrogen) atoms. The maximum Gasteiger partial charge on any atom is 0.488 e. The monoisotopic (exact) mass is 182 g/mol. The van der Waals surface area contributed by atoms with Gasteiger partial charge < -0.3 is 19.5 Å². The van der Waals surface area contributed by atoms with Gasteiger partial charge in [0.25, 0.3) is 0 Å². The number of hydrogen-bond acceptors (Lipinski definition) is 4. The van der Waals surface area contributed by atoms with Crippen LogP contribution >= 0.6 is 0 Å². The molecule has 4 nitrogen and oxygen atoms in total. The Balaban J connectivity index is 2.59. The molecule has 0 heterocycles. The summed E-state index contributed by atoms with van der Waals surface area (Å²) in [6.07, 6.45) is 0. The Morgan fingerprint density at radius 3 is 2.31 bits per heavy atom. The van der Waals surface area contributed by atoms with E-state index in [0.29, 0.717) is 11.2 Å². The van der Waals surface area contributed by atoms with Crippen LogP contribution in [0.4, 0.5) is 0 Å². The summed E-state index contributed by atoms with van der Waals surface area (Å²) in [6.45, 7) is 0.182. The molecule has 0 unspecified atom stereocenters. The van der Waals surface area contributed by atoms with Gasteiger partial charge in [0.1, 0.15) is 5.75 Å². The van der Waals surface area contributed by atoms with Crippen LogP contribution in [0.5, 0.6) is 5.75 Å². The molecule has 1 aromatic rings. The van der Waals surface area contributed by atoms with E-state index in [1.807, 2.05) is 0 Å². The summed E-state index contributed by atoms with van der Waals surface area (Å²) in [4.78, 5) is 0. The van der Waals surface area contributed by atoms with Gasteiger partial charge in [0.15, 0.2) is 6.79 Å². The van der Waals surface area contributed by atoms with Crippen molar-refractivity contribution in [1.29, 1.82) is 0 Å². The second-order valence-electron chi connectivity index (χ2n) is 2.49. The van der Waals surface area contributed by atoms with Gasteiger partial charge in [-0.2, -0.15) is 0 Å². The minimum atomic E-state index is -1.43. The zero-order chi connectivity index (χ0) is 9.68. The van der Waals surface area contributed by atoms with Crippen molar-refractivity contribution in [3.63, 3.8) is 0 Å². The molecule has 0 saturated carbocycles. The van der Waals surface area contributed by atoms with Gasteiger partial charge in [-0.15, -0.1) is 0 Å². The molecule has 1 aromatic carbocycles. The maximum absolute atomic E-state index is 8.78. The molecule has 0 aromatic heterocycles. The van der Waals surface area contributed by atoms with Crippen LogP contribution in [0, 0.1) is 0 Å². The second kappa shape index (κ2) is 4.86. The minimum absolute atomic E-state index is 0.182. The summed E-state index contributed by atoms with van der Waals surface area (Å²) in [7, 11) is 0.0998. The van der Waals surface area contributed by atoms with Crippen molar-refractivity contribution in [3.8, 4) is 5.75 Å². The third-order valence-corrected chi connectivity index (χ3v) is 1.52. The Hall–Kier alpha value is -1.04. The number of ether oxygens (including phenoxy) is 2. The smallest absolute Gasteiger partial charge is 0.468 e. The van der Waals surface area contributed by atoms with Crippen molar-refractivity contribution < 1.29 is 19.5 Å². The molecule has 2 N–H and O–H groups in total. The lowest BCUT2D eigenvalue weighted by Gasteiger charge is -2.04. The summed E-state index contributed by atoms with van der Waals surface area (Å²) >= 11 is 0. The molecular weight excluding hydrogens is 171 g/mol. The number of benzene rings is 1. The quantitative estimate of drug-likeness (QED) is 0.479. The first kappa shape index (κ1) is 10.0. The summed E-state index contributed by atoms with van der Waals surface area (Å²) in [5.41, 5.74) is 0.435. The lowest BCUT2D eigenvalue weighted by atomic mass is 9.80. The average molecular weight is 182 g/mol. The van der Waals surface area contributed by atoms with E-state index in [4.69, 9.17) is 19.5 Å². The van der Waals surface area contributed by atoms with Crippen molar-refractivity contribution in [1.82, 2.24) is 0 Å². The molecule has 0 aliphatic heterocycles. The number of rotatable bonds is 4. The van der Waals surface area contributed by atoms with E-state index in [9.17, 15) is 0 Å². The van der Waals surface area contributed by atoms with Crippen LogP contribution in [0.15, 0.2) is 24.3 Å². The molecule has 1 rings (SSSR count). The highest BCUT2D eigenvalue weighted by Crippen LogP contribution is 2.06. The SMILES string of the molecule is COCOc1ccc(B(O)O)cc1. The van der Waals surface area contributed by atoms with E-state index in [0.717, 1.165) is 0 Å².